The van der Waals surface area contributed by atoms with Crippen molar-refractivity contribution in [3.8, 4) is 0 Å². The van der Waals surface area contributed by atoms with Gasteiger partial charge in [-0.2, -0.15) is 0 Å². The number of rotatable bonds is 6. The Balaban J connectivity index is 2.09. The molecule has 106 valence electrons. The van der Waals surface area contributed by atoms with Crippen LogP contribution in [0.25, 0.3) is 0 Å². The Morgan fingerprint density at radius 1 is 1.26 bits per heavy atom. The second-order valence-corrected chi connectivity index (χ2v) is 9.10. The maximum Gasteiger partial charge on any atom is 0.0671 e. The number of benzene rings is 1. The van der Waals surface area contributed by atoms with Crippen LogP contribution in [0.3, 0.4) is 0 Å². The lowest BCUT2D eigenvalue weighted by molar-refractivity contribution is 0.0629. The van der Waals surface area contributed by atoms with E-state index < -0.39 is 0 Å². The van der Waals surface area contributed by atoms with Crippen LogP contribution in [0.5, 0.6) is 0 Å². The highest BCUT2D eigenvalue weighted by molar-refractivity contribution is 6.41. The fourth-order valence-corrected chi connectivity index (χ4v) is 5.95. The Hall–Kier alpha value is -0.603. The molecule has 0 aromatic heterocycles. The van der Waals surface area contributed by atoms with Gasteiger partial charge in [-0.1, -0.05) is 57.0 Å². The summed E-state index contributed by atoms with van der Waals surface area (Å²) in [6.45, 7) is 5.78. The monoisotopic (exact) mass is 276 g/mol. The fraction of sp³-hybridized carbons (Fsp3) is 0.647. The lowest BCUT2D eigenvalue weighted by Crippen LogP contribution is -2.40. The van der Waals surface area contributed by atoms with E-state index in [1.807, 2.05) is 0 Å². The van der Waals surface area contributed by atoms with E-state index in [2.05, 4.69) is 44.2 Å². The zero-order chi connectivity index (χ0) is 13.6. The van der Waals surface area contributed by atoms with Gasteiger partial charge in [-0.15, -0.1) is 0 Å². The van der Waals surface area contributed by atoms with Crippen LogP contribution in [-0.4, -0.2) is 21.9 Å². The molecule has 2 heteroatoms. The smallest absolute Gasteiger partial charge is 0.0671 e. The highest BCUT2D eigenvalue weighted by Crippen LogP contribution is 2.31. The number of hydrogen-bond donors (Lipinski definition) is 0. The van der Waals surface area contributed by atoms with Crippen molar-refractivity contribution in [3.63, 3.8) is 0 Å². The minimum absolute atomic E-state index is 0.258. The maximum atomic E-state index is 6.04. The summed E-state index contributed by atoms with van der Waals surface area (Å²) in [5.41, 5.74) is 2.15. The summed E-state index contributed by atoms with van der Waals surface area (Å²) >= 11 is 0. The van der Waals surface area contributed by atoms with E-state index >= 15 is 0 Å². The van der Waals surface area contributed by atoms with E-state index in [9.17, 15) is 0 Å². The van der Waals surface area contributed by atoms with Crippen LogP contribution in [0, 0.1) is 0 Å². The van der Waals surface area contributed by atoms with Gasteiger partial charge in [0.25, 0.3) is 0 Å². The van der Waals surface area contributed by atoms with E-state index in [0.29, 0.717) is 10.8 Å². The molecule has 0 radical (unpaired) electrons. The summed E-state index contributed by atoms with van der Waals surface area (Å²) in [6, 6.07) is 11.2. The molecular weight excluding hydrogens is 248 g/mol. The molecule has 2 atom stereocenters. The Labute approximate surface area is 120 Å². The first-order chi connectivity index (χ1) is 9.24. The Kier molecular flexibility index (Phi) is 5.65. The molecule has 0 saturated carbocycles. The van der Waals surface area contributed by atoms with Gasteiger partial charge < -0.3 is 4.74 Å². The van der Waals surface area contributed by atoms with Crippen LogP contribution in [0.2, 0.25) is 0 Å². The second-order valence-electron chi connectivity index (χ2n) is 6.22. The van der Waals surface area contributed by atoms with Crippen molar-refractivity contribution in [2.24, 2.45) is 0 Å². The molecule has 1 aliphatic heterocycles. The van der Waals surface area contributed by atoms with Crippen LogP contribution in [0.1, 0.15) is 57.9 Å². The Morgan fingerprint density at radius 3 is 2.68 bits per heavy atom. The second kappa shape index (κ2) is 7.25. The molecule has 0 amide bonds. The number of unbranched alkanes of at least 4 members (excludes halogenated alkanes) is 1. The molecule has 0 N–H and O–H groups in total. The predicted molar refractivity (Wildman–Crippen MR) is 85.5 cm³/mol. The molecule has 0 aliphatic carbocycles. The molecule has 19 heavy (non-hydrogen) atoms. The molecule has 1 aromatic carbocycles. The quantitative estimate of drug-likeness (QED) is 0.718. The largest absolute Gasteiger partial charge is 0.382 e. The van der Waals surface area contributed by atoms with Gasteiger partial charge in [0.2, 0.25) is 0 Å². The first-order valence-electron chi connectivity index (χ1n) is 7.92. The maximum absolute atomic E-state index is 6.04. The first kappa shape index (κ1) is 14.8. The van der Waals surface area contributed by atoms with E-state index in [1.54, 1.807) is 5.56 Å². The van der Waals surface area contributed by atoms with Crippen molar-refractivity contribution in [2.45, 2.75) is 63.1 Å². The summed E-state index contributed by atoms with van der Waals surface area (Å²) in [4.78, 5) is 0. The standard InChI is InChI=1S/C17H28OSi/c1-3-4-13-17(2,15-10-6-5-7-11-15)19-16-12-8-9-14-18-16/h5-7,10-11,16H,3-4,8-9,12-14,19H2,1-2H3. The Bertz CT molecular complexity index is 359. The molecular formula is C17H28OSi. The SMILES string of the molecule is CCCCC(C)([SiH2]C1CCCCO1)c1ccccc1. The van der Waals surface area contributed by atoms with Crippen LogP contribution >= 0.6 is 0 Å². The van der Waals surface area contributed by atoms with Gasteiger partial charge in [-0.05, 0) is 36.3 Å². The molecule has 1 fully saturated rings. The van der Waals surface area contributed by atoms with Gasteiger partial charge in [0.05, 0.1) is 9.52 Å². The fourth-order valence-electron chi connectivity index (χ4n) is 3.24. The van der Waals surface area contributed by atoms with Gasteiger partial charge in [-0.3, -0.25) is 0 Å². The van der Waals surface area contributed by atoms with Crippen LogP contribution in [0.4, 0.5) is 0 Å². The van der Waals surface area contributed by atoms with Crippen molar-refractivity contribution in [1.82, 2.24) is 0 Å². The third kappa shape index (κ3) is 4.18. The van der Waals surface area contributed by atoms with Crippen LogP contribution in [-0.2, 0) is 9.78 Å². The molecule has 1 saturated heterocycles. The Morgan fingerprint density at radius 2 is 2.05 bits per heavy atom. The van der Waals surface area contributed by atoms with Gasteiger partial charge in [-0.25, -0.2) is 0 Å². The predicted octanol–water partition coefficient (Wildman–Crippen LogP) is 3.79. The highest BCUT2D eigenvalue weighted by Gasteiger charge is 2.31. The van der Waals surface area contributed by atoms with Crippen molar-refractivity contribution in [2.75, 3.05) is 6.61 Å². The molecule has 1 aromatic rings. The molecule has 0 spiro atoms. The third-order valence-corrected chi connectivity index (χ3v) is 7.27. The summed E-state index contributed by atoms with van der Waals surface area (Å²) in [5.74, 6) is 0. The summed E-state index contributed by atoms with van der Waals surface area (Å²) in [5, 5.41) is 0.416. The van der Waals surface area contributed by atoms with Gasteiger partial charge in [0.15, 0.2) is 0 Å². The van der Waals surface area contributed by atoms with Crippen molar-refractivity contribution < 1.29 is 4.74 Å². The minimum Gasteiger partial charge on any atom is -0.382 e. The molecule has 2 rings (SSSR count). The molecule has 1 nitrogen and oxygen atoms in total. The molecule has 1 aliphatic rings. The normalized spacial score (nSPS) is 23.6. The summed E-state index contributed by atoms with van der Waals surface area (Å²) in [6.07, 6.45) is 7.91. The van der Waals surface area contributed by atoms with Crippen LogP contribution in [0.15, 0.2) is 30.3 Å². The van der Waals surface area contributed by atoms with Crippen molar-refractivity contribution >= 4 is 9.52 Å². The number of ether oxygens (including phenoxy) is 1. The van der Waals surface area contributed by atoms with Crippen molar-refractivity contribution in [3.05, 3.63) is 35.9 Å². The third-order valence-electron chi connectivity index (χ3n) is 4.51. The van der Waals surface area contributed by atoms with Gasteiger partial charge >= 0.3 is 0 Å². The van der Waals surface area contributed by atoms with Gasteiger partial charge in [0, 0.05) is 12.3 Å². The van der Waals surface area contributed by atoms with E-state index in [1.165, 1.54) is 38.5 Å². The minimum atomic E-state index is -0.258. The first-order valence-corrected chi connectivity index (χ1v) is 9.44. The molecule has 0 bridgehead atoms. The summed E-state index contributed by atoms with van der Waals surface area (Å²) in [7, 11) is -0.258. The number of hydrogen-bond acceptors (Lipinski definition) is 1. The lowest BCUT2D eigenvalue weighted by Gasteiger charge is -2.35. The summed E-state index contributed by atoms with van der Waals surface area (Å²) < 4.78 is 6.04. The van der Waals surface area contributed by atoms with E-state index in [-0.39, 0.29) is 9.52 Å². The van der Waals surface area contributed by atoms with Gasteiger partial charge in [0.1, 0.15) is 0 Å². The average Bonchev–Trinajstić information content (AvgIpc) is 2.47. The topological polar surface area (TPSA) is 9.23 Å². The van der Waals surface area contributed by atoms with Crippen LogP contribution < -0.4 is 0 Å². The van der Waals surface area contributed by atoms with E-state index in [0.717, 1.165) is 6.61 Å². The van der Waals surface area contributed by atoms with Crippen molar-refractivity contribution in [1.29, 1.82) is 0 Å². The zero-order valence-electron chi connectivity index (χ0n) is 12.5. The van der Waals surface area contributed by atoms with E-state index in [4.69, 9.17) is 4.74 Å². The lowest BCUT2D eigenvalue weighted by atomic mass is 9.94. The molecule has 1 heterocycles. The zero-order valence-corrected chi connectivity index (χ0v) is 13.9. The molecule has 2 unspecified atom stereocenters. The average molecular weight is 276 g/mol. The highest BCUT2D eigenvalue weighted by atomic mass is 28.2.